The van der Waals surface area contributed by atoms with Gasteiger partial charge in [0, 0.05) is 19.0 Å². The van der Waals surface area contributed by atoms with Crippen LogP contribution in [-0.4, -0.2) is 64.5 Å². The van der Waals surface area contributed by atoms with Gasteiger partial charge < -0.3 is 23.9 Å². The van der Waals surface area contributed by atoms with Gasteiger partial charge in [-0.2, -0.15) is 0 Å². The Balaban J connectivity index is 1.55. The van der Waals surface area contributed by atoms with Crippen LogP contribution in [0.3, 0.4) is 0 Å². The van der Waals surface area contributed by atoms with Crippen LogP contribution in [0.5, 0.6) is 5.75 Å². The molecule has 37 heavy (non-hydrogen) atoms. The summed E-state index contributed by atoms with van der Waals surface area (Å²) in [6.07, 6.45) is 1.32. The van der Waals surface area contributed by atoms with Gasteiger partial charge in [-0.1, -0.05) is 48.5 Å². The van der Waals surface area contributed by atoms with Gasteiger partial charge >= 0.3 is 11.9 Å². The Kier molecular flexibility index (Phi) is 8.90. The second-order valence-electron chi connectivity index (χ2n) is 9.01. The number of hydrogen-bond acceptors (Lipinski definition) is 8. The lowest BCUT2D eigenvalue weighted by Gasteiger charge is -2.29. The number of aliphatic hydroxyl groups is 1. The van der Waals surface area contributed by atoms with Crippen LogP contribution in [0, 0.1) is 6.92 Å². The molecule has 1 saturated heterocycles. The predicted octanol–water partition coefficient (Wildman–Crippen LogP) is 3.55. The van der Waals surface area contributed by atoms with Crippen molar-refractivity contribution in [2.75, 3.05) is 26.3 Å². The fraction of sp³-hybridized carbons (Fsp3) is 0.393. The highest BCUT2D eigenvalue weighted by atomic mass is 16.5. The molecule has 1 radical (unpaired) electrons. The third kappa shape index (κ3) is 6.74. The summed E-state index contributed by atoms with van der Waals surface area (Å²) in [6.45, 7) is 7.23. The molecule has 2 heterocycles. The topological polar surface area (TPSA) is 115 Å². The lowest BCUT2D eigenvalue weighted by Crippen LogP contribution is -2.42. The first-order valence-electron chi connectivity index (χ1n) is 12.5. The van der Waals surface area contributed by atoms with Crippen LogP contribution >= 0.6 is 0 Å². The number of amides is 1. The Bertz CT molecular complexity index is 1170. The number of rotatable bonds is 10. The van der Waals surface area contributed by atoms with Crippen molar-refractivity contribution in [1.29, 1.82) is 0 Å². The molecule has 3 aromatic rings. The smallest absolute Gasteiger partial charge is 0.396 e. The first-order valence-corrected chi connectivity index (χ1v) is 12.5. The van der Waals surface area contributed by atoms with E-state index >= 15 is 0 Å². The van der Waals surface area contributed by atoms with Crippen LogP contribution in [0.15, 0.2) is 59.0 Å². The quantitative estimate of drug-likeness (QED) is 0.415. The number of carbonyl (C=O) groups excluding carboxylic acids is 2. The fourth-order valence-corrected chi connectivity index (χ4v) is 4.41. The fourth-order valence-electron chi connectivity index (χ4n) is 4.41. The van der Waals surface area contributed by atoms with E-state index in [4.69, 9.17) is 13.9 Å². The summed E-state index contributed by atoms with van der Waals surface area (Å²) >= 11 is 0. The maximum absolute atomic E-state index is 12.7. The van der Waals surface area contributed by atoms with Crippen LogP contribution in [0.25, 0.3) is 0 Å². The third-order valence-electron chi connectivity index (χ3n) is 6.48. The first kappa shape index (κ1) is 26.3. The molecule has 2 aromatic carbocycles. The van der Waals surface area contributed by atoms with E-state index in [1.54, 1.807) is 17.9 Å². The monoisotopic (exact) mass is 506 g/mol. The standard InChI is InChI=1S/C28H32N3O6/c1-3-35-28(34)27-30-29-26(37-27)23(17-20-9-5-4-6-10-20)19(2)22-11-7-8-12-24(22)36-18-25(33)31-15-13-21(32)14-16-31/h4-12,19,21,23,32H,2-3,13-18H2,1H3. The van der Waals surface area contributed by atoms with Crippen molar-refractivity contribution in [1.82, 2.24) is 15.1 Å². The van der Waals surface area contributed by atoms with Crippen molar-refractivity contribution < 1.29 is 28.6 Å². The number of hydrogen-bond donors (Lipinski definition) is 1. The summed E-state index contributed by atoms with van der Waals surface area (Å²) in [5, 5.41) is 17.8. The average Bonchev–Trinajstić information content (AvgIpc) is 3.41. The largest absolute Gasteiger partial charge is 0.483 e. The van der Waals surface area contributed by atoms with E-state index in [0.29, 0.717) is 38.1 Å². The number of para-hydroxylation sites is 1. The third-order valence-corrected chi connectivity index (χ3v) is 6.48. The van der Waals surface area contributed by atoms with Gasteiger partial charge in [0.05, 0.1) is 12.7 Å². The molecular formula is C28H32N3O6. The molecule has 1 amide bonds. The lowest BCUT2D eigenvalue weighted by atomic mass is 9.83. The Labute approximate surface area is 216 Å². The number of nitrogens with zero attached hydrogens (tertiary/aromatic N) is 3. The molecule has 1 N–H and O–H groups in total. The number of piperidine rings is 1. The summed E-state index contributed by atoms with van der Waals surface area (Å²) in [5.74, 6) is -0.967. The Morgan fingerprint density at radius 2 is 1.81 bits per heavy atom. The van der Waals surface area contributed by atoms with Gasteiger partial charge in [0.1, 0.15) is 5.75 Å². The van der Waals surface area contributed by atoms with Crippen LogP contribution in [0.4, 0.5) is 0 Å². The summed E-state index contributed by atoms with van der Waals surface area (Å²) in [5.41, 5.74) is 1.82. The molecule has 0 spiro atoms. The molecule has 1 aromatic heterocycles. The minimum absolute atomic E-state index is 0.114. The van der Waals surface area contributed by atoms with Crippen LogP contribution in [0.2, 0.25) is 0 Å². The van der Waals surface area contributed by atoms with Gasteiger partial charge in [0.25, 0.3) is 5.91 Å². The molecule has 1 fully saturated rings. The molecule has 4 rings (SSSR count). The zero-order valence-electron chi connectivity index (χ0n) is 20.9. The van der Waals surface area contributed by atoms with E-state index in [1.165, 1.54) is 0 Å². The van der Waals surface area contributed by atoms with E-state index in [1.807, 2.05) is 48.5 Å². The SMILES string of the molecule is [CH2]C(c1ccccc1OCC(=O)N1CCC(O)CC1)C(Cc1ccccc1)c1nnc(C(=O)OCC)o1. The van der Waals surface area contributed by atoms with Gasteiger partial charge in [-0.3, -0.25) is 4.79 Å². The second-order valence-corrected chi connectivity index (χ2v) is 9.01. The van der Waals surface area contributed by atoms with Crippen molar-refractivity contribution in [3.63, 3.8) is 0 Å². The highest BCUT2D eigenvalue weighted by Gasteiger charge is 2.30. The number of aliphatic hydroxyl groups excluding tert-OH is 1. The van der Waals surface area contributed by atoms with E-state index in [0.717, 1.165) is 11.1 Å². The van der Waals surface area contributed by atoms with Crippen molar-refractivity contribution in [2.45, 2.75) is 44.1 Å². The number of aromatic nitrogens is 2. The average molecular weight is 507 g/mol. The summed E-state index contributed by atoms with van der Waals surface area (Å²) < 4.78 is 16.7. The van der Waals surface area contributed by atoms with Gasteiger partial charge in [-0.25, -0.2) is 4.79 Å². The number of benzene rings is 2. The first-order chi connectivity index (χ1) is 18.0. The molecular weight excluding hydrogens is 474 g/mol. The summed E-state index contributed by atoms with van der Waals surface area (Å²) in [4.78, 5) is 26.5. The summed E-state index contributed by atoms with van der Waals surface area (Å²) in [6, 6.07) is 17.3. The highest BCUT2D eigenvalue weighted by Crippen LogP contribution is 2.38. The Hall–Kier alpha value is -3.72. The van der Waals surface area contributed by atoms with Crippen molar-refractivity contribution in [3.05, 3.63) is 84.4 Å². The molecule has 1 aliphatic heterocycles. The summed E-state index contributed by atoms with van der Waals surface area (Å²) in [7, 11) is 0. The highest BCUT2D eigenvalue weighted by molar-refractivity contribution is 5.83. The molecule has 2 atom stereocenters. The van der Waals surface area contributed by atoms with Crippen molar-refractivity contribution in [2.24, 2.45) is 0 Å². The second kappa shape index (κ2) is 12.5. The van der Waals surface area contributed by atoms with E-state index in [9.17, 15) is 14.7 Å². The van der Waals surface area contributed by atoms with Crippen LogP contribution in [-0.2, 0) is 16.0 Å². The minimum atomic E-state index is -0.673. The molecule has 1 aliphatic rings. The molecule has 9 heteroatoms. The molecule has 0 aliphatic carbocycles. The number of likely N-dealkylation sites (tertiary alicyclic amines) is 1. The van der Waals surface area contributed by atoms with Gasteiger partial charge in [0.15, 0.2) is 6.61 Å². The van der Waals surface area contributed by atoms with E-state index in [2.05, 4.69) is 17.1 Å². The molecule has 2 unspecified atom stereocenters. The zero-order valence-corrected chi connectivity index (χ0v) is 20.9. The van der Waals surface area contributed by atoms with E-state index in [-0.39, 0.29) is 42.9 Å². The molecule has 195 valence electrons. The molecule has 9 nitrogen and oxygen atoms in total. The maximum atomic E-state index is 12.7. The Morgan fingerprint density at radius 3 is 2.54 bits per heavy atom. The zero-order chi connectivity index (χ0) is 26.2. The van der Waals surface area contributed by atoms with Crippen LogP contribution < -0.4 is 4.74 Å². The lowest BCUT2D eigenvalue weighted by molar-refractivity contribution is -0.135. The van der Waals surface area contributed by atoms with Crippen LogP contribution in [0.1, 0.15) is 59.3 Å². The molecule has 0 bridgehead atoms. The number of ether oxygens (including phenoxy) is 2. The van der Waals surface area contributed by atoms with E-state index < -0.39 is 11.9 Å². The number of carbonyl (C=O) groups is 2. The number of esters is 1. The minimum Gasteiger partial charge on any atom is -0.483 e. The van der Waals surface area contributed by atoms with Crippen molar-refractivity contribution >= 4 is 11.9 Å². The molecule has 0 saturated carbocycles. The normalized spacial score (nSPS) is 15.7. The van der Waals surface area contributed by atoms with Gasteiger partial charge in [0.2, 0.25) is 5.89 Å². The van der Waals surface area contributed by atoms with Gasteiger partial charge in [-0.05, 0) is 56.2 Å². The maximum Gasteiger partial charge on any atom is 0.396 e. The predicted molar refractivity (Wildman–Crippen MR) is 135 cm³/mol. The van der Waals surface area contributed by atoms with Crippen molar-refractivity contribution in [3.8, 4) is 5.75 Å². The Morgan fingerprint density at radius 1 is 1.11 bits per heavy atom. The van der Waals surface area contributed by atoms with Gasteiger partial charge in [-0.15, -0.1) is 10.2 Å².